The van der Waals surface area contributed by atoms with E-state index in [1.54, 1.807) is 37.5 Å². The molecule has 2 heterocycles. The molecular formula is C27H24F2N8O. The summed E-state index contributed by atoms with van der Waals surface area (Å²) in [4.78, 5) is 18.6. The number of hydrogen-bond acceptors (Lipinski definition) is 6. The number of nitrogens with two attached hydrogens (primary N) is 1. The van der Waals surface area contributed by atoms with Gasteiger partial charge in [-0.25, -0.2) is 18.6 Å². The molecule has 192 valence electrons. The Morgan fingerprint density at radius 1 is 1.13 bits per heavy atom. The molecule has 9 nitrogen and oxygen atoms in total. The van der Waals surface area contributed by atoms with E-state index in [0.717, 1.165) is 28.9 Å². The van der Waals surface area contributed by atoms with Gasteiger partial charge < -0.3 is 11.1 Å². The molecule has 2 unspecified atom stereocenters. The number of nitrogen functional groups attached to an aromatic ring is 1. The summed E-state index contributed by atoms with van der Waals surface area (Å²) in [6.07, 6.45) is 3.68. The first-order valence-electron chi connectivity index (χ1n) is 11.7. The number of aromatic nitrogens is 5. The summed E-state index contributed by atoms with van der Waals surface area (Å²) in [7, 11) is 1.68. The van der Waals surface area contributed by atoms with Crippen LogP contribution in [0, 0.1) is 0 Å². The van der Waals surface area contributed by atoms with Gasteiger partial charge >= 0.3 is 6.03 Å². The van der Waals surface area contributed by atoms with Gasteiger partial charge in [0, 0.05) is 30.2 Å². The Morgan fingerprint density at radius 2 is 1.92 bits per heavy atom. The molecule has 38 heavy (non-hydrogen) atoms. The quantitative estimate of drug-likeness (QED) is 0.382. The van der Waals surface area contributed by atoms with Gasteiger partial charge in [0.2, 0.25) is 0 Å². The third-order valence-corrected chi connectivity index (χ3v) is 6.31. The molecule has 0 aliphatic heterocycles. The number of urea groups is 1. The summed E-state index contributed by atoms with van der Waals surface area (Å²) in [6.45, 7) is 1.13. The number of allylic oxidation sites excluding steroid dienone is 4. The highest BCUT2D eigenvalue weighted by Crippen LogP contribution is 2.37. The van der Waals surface area contributed by atoms with Crippen molar-refractivity contribution in [3.63, 3.8) is 0 Å². The Kier molecular flexibility index (Phi) is 6.41. The highest BCUT2D eigenvalue weighted by atomic mass is 19.2. The van der Waals surface area contributed by atoms with E-state index in [-0.39, 0.29) is 23.4 Å². The second-order valence-corrected chi connectivity index (χ2v) is 8.89. The van der Waals surface area contributed by atoms with Crippen molar-refractivity contribution in [2.75, 3.05) is 23.0 Å². The zero-order valence-electron chi connectivity index (χ0n) is 20.6. The highest BCUT2D eigenvalue weighted by Gasteiger charge is 2.41. The first-order chi connectivity index (χ1) is 18.3. The summed E-state index contributed by atoms with van der Waals surface area (Å²) >= 11 is 0. The number of nitrogens with one attached hydrogen (secondary N) is 1. The van der Waals surface area contributed by atoms with Crippen molar-refractivity contribution in [3.05, 3.63) is 85.1 Å². The Bertz CT molecular complexity index is 1550. The van der Waals surface area contributed by atoms with Crippen LogP contribution in [0.5, 0.6) is 0 Å². The van der Waals surface area contributed by atoms with Gasteiger partial charge in [0.15, 0.2) is 17.7 Å². The number of pyridine rings is 1. The van der Waals surface area contributed by atoms with Crippen LogP contribution in [0.3, 0.4) is 0 Å². The van der Waals surface area contributed by atoms with Crippen molar-refractivity contribution in [2.24, 2.45) is 0 Å². The minimum Gasteiger partial charge on any atom is -0.383 e. The number of amides is 2. The molecule has 0 saturated heterocycles. The van der Waals surface area contributed by atoms with E-state index >= 15 is 4.39 Å². The van der Waals surface area contributed by atoms with E-state index in [4.69, 9.17) is 5.73 Å². The zero-order chi connectivity index (χ0) is 26.9. The largest absolute Gasteiger partial charge is 0.383 e. The number of carbonyl (C=O) groups is 1. The molecular weight excluding hydrogens is 490 g/mol. The van der Waals surface area contributed by atoms with Crippen molar-refractivity contribution in [1.82, 2.24) is 25.2 Å². The molecule has 4 aromatic rings. The summed E-state index contributed by atoms with van der Waals surface area (Å²) < 4.78 is 30.7. The number of alkyl halides is 2. The summed E-state index contributed by atoms with van der Waals surface area (Å²) in [5, 5.41) is 14.5. The smallest absolute Gasteiger partial charge is 0.326 e. The molecule has 2 aromatic heterocycles. The normalized spacial score (nSPS) is 18.6. The van der Waals surface area contributed by atoms with Crippen molar-refractivity contribution in [3.8, 4) is 22.5 Å². The number of benzene rings is 2. The molecule has 0 radical (unpaired) electrons. The molecule has 5 rings (SSSR count). The maximum atomic E-state index is 15.3. The lowest BCUT2D eigenvalue weighted by molar-refractivity contribution is 0.147. The van der Waals surface area contributed by atoms with Gasteiger partial charge in [0.1, 0.15) is 5.82 Å². The van der Waals surface area contributed by atoms with E-state index in [2.05, 4.69) is 25.8 Å². The molecule has 11 heteroatoms. The minimum atomic E-state index is -2.35. The predicted octanol–water partition coefficient (Wildman–Crippen LogP) is 5.13. The van der Waals surface area contributed by atoms with Gasteiger partial charge in [0.25, 0.3) is 0 Å². The highest BCUT2D eigenvalue weighted by molar-refractivity contribution is 6.01. The number of rotatable bonds is 5. The van der Waals surface area contributed by atoms with Crippen LogP contribution < -0.4 is 16.0 Å². The monoisotopic (exact) mass is 514 g/mol. The standard InChI is InChI=1S/C27H24F2N8O/c1-27(29)22(28)12-7-13-23(27)37-25(33-34-35-37)21-15-18(16-31-24(21)30)17-8-6-9-19(14-17)32-26(38)36(2)20-10-4-3-5-11-20/h3-16,22H,1-2H3,(H2,30,31)(H,32,38). The first-order valence-corrected chi connectivity index (χ1v) is 11.7. The lowest BCUT2D eigenvalue weighted by atomic mass is 9.93. The van der Waals surface area contributed by atoms with Crippen LogP contribution in [0.25, 0.3) is 28.2 Å². The van der Waals surface area contributed by atoms with E-state index in [1.807, 2.05) is 36.4 Å². The fourth-order valence-corrected chi connectivity index (χ4v) is 4.09. The molecule has 2 amide bonds. The average molecular weight is 515 g/mol. The van der Waals surface area contributed by atoms with Gasteiger partial charge in [-0.2, -0.15) is 4.68 Å². The number of hydrogen-bond donors (Lipinski definition) is 2. The molecule has 0 fully saturated rings. The van der Waals surface area contributed by atoms with Crippen LogP contribution in [0.4, 0.5) is 30.8 Å². The molecule has 0 saturated carbocycles. The molecule has 2 aromatic carbocycles. The molecule has 1 aliphatic carbocycles. The van der Waals surface area contributed by atoms with Gasteiger partial charge in [0.05, 0.1) is 11.3 Å². The number of tetrazole rings is 1. The summed E-state index contributed by atoms with van der Waals surface area (Å²) in [5.74, 6) is 0.228. The number of anilines is 3. The number of halogens is 2. The van der Waals surface area contributed by atoms with Crippen LogP contribution in [0.15, 0.2) is 85.1 Å². The third kappa shape index (κ3) is 4.61. The Hall–Kier alpha value is -4.93. The van der Waals surface area contributed by atoms with Crippen LogP contribution >= 0.6 is 0 Å². The number of para-hydroxylation sites is 1. The van der Waals surface area contributed by atoms with Crippen LogP contribution in [-0.2, 0) is 0 Å². The maximum Gasteiger partial charge on any atom is 0.326 e. The molecule has 0 bridgehead atoms. The third-order valence-electron chi connectivity index (χ3n) is 6.31. The summed E-state index contributed by atoms with van der Waals surface area (Å²) in [5.41, 5.74) is 6.78. The Labute approximate surface area is 217 Å². The van der Waals surface area contributed by atoms with Gasteiger partial charge in [-0.05, 0) is 65.4 Å². The van der Waals surface area contributed by atoms with Gasteiger partial charge in [-0.15, -0.1) is 5.10 Å². The topological polar surface area (TPSA) is 115 Å². The van der Waals surface area contributed by atoms with Gasteiger partial charge in [-0.1, -0.05) is 36.4 Å². The number of carbonyl (C=O) groups excluding carboxylic acids is 1. The average Bonchev–Trinajstić information content (AvgIpc) is 3.40. The zero-order valence-corrected chi connectivity index (χ0v) is 20.6. The van der Waals surface area contributed by atoms with Gasteiger partial charge in [-0.3, -0.25) is 4.90 Å². The van der Waals surface area contributed by atoms with Crippen LogP contribution in [-0.4, -0.2) is 50.1 Å². The summed E-state index contributed by atoms with van der Waals surface area (Å²) in [6, 6.07) is 17.9. The molecule has 0 spiro atoms. The Morgan fingerprint density at radius 3 is 2.71 bits per heavy atom. The van der Waals surface area contributed by atoms with Crippen molar-refractivity contribution in [1.29, 1.82) is 0 Å². The molecule has 2 atom stereocenters. The predicted molar refractivity (Wildman–Crippen MR) is 143 cm³/mol. The second kappa shape index (κ2) is 9.85. The fourth-order valence-electron chi connectivity index (χ4n) is 4.09. The lowest BCUT2D eigenvalue weighted by Gasteiger charge is -2.28. The lowest BCUT2D eigenvalue weighted by Crippen LogP contribution is -2.36. The molecule has 3 N–H and O–H groups in total. The van der Waals surface area contributed by atoms with Crippen molar-refractivity contribution in [2.45, 2.75) is 18.8 Å². The van der Waals surface area contributed by atoms with Crippen molar-refractivity contribution >= 4 is 28.9 Å². The second-order valence-electron chi connectivity index (χ2n) is 8.89. The maximum absolute atomic E-state index is 15.3. The van der Waals surface area contributed by atoms with E-state index in [0.29, 0.717) is 16.8 Å². The van der Waals surface area contributed by atoms with E-state index < -0.39 is 11.8 Å². The van der Waals surface area contributed by atoms with Crippen LogP contribution in [0.2, 0.25) is 0 Å². The Balaban J connectivity index is 1.45. The molecule has 1 aliphatic rings. The first kappa shape index (κ1) is 24.8. The van der Waals surface area contributed by atoms with Crippen LogP contribution in [0.1, 0.15) is 6.92 Å². The number of nitrogens with zero attached hydrogens (tertiary/aromatic N) is 6. The van der Waals surface area contributed by atoms with E-state index in [1.165, 1.54) is 17.1 Å². The van der Waals surface area contributed by atoms with Crippen molar-refractivity contribution < 1.29 is 13.6 Å². The minimum absolute atomic E-state index is 0.0652. The fraction of sp³-hybridized carbons (Fsp3) is 0.148. The SMILES string of the molecule is CN(C(=O)Nc1cccc(-c2cnc(N)c(-c3nnnn3C3=CC=CC(F)C3(C)F)c2)c1)c1ccccc1. The van der Waals surface area contributed by atoms with E-state index in [9.17, 15) is 9.18 Å².